The number of carbonyl (C=O) groups is 1. The molecule has 0 unspecified atom stereocenters. The Morgan fingerprint density at radius 3 is 2.59 bits per heavy atom. The molecule has 4 rings (SSSR count). The van der Waals surface area contributed by atoms with Crippen molar-refractivity contribution in [2.24, 2.45) is 0 Å². The molecule has 2 heterocycles. The molecule has 2 aromatic carbocycles. The third-order valence-corrected chi connectivity index (χ3v) is 6.67. The van der Waals surface area contributed by atoms with E-state index < -0.39 is 5.82 Å². The molecule has 182 valence electrons. The fourth-order valence-electron chi connectivity index (χ4n) is 3.77. The fourth-order valence-corrected chi connectivity index (χ4v) is 4.89. The molecule has 0 radical (unpaired) electrons. The summed E-state index contributed by atoms with van der Waals surface area (Å²) in [5, 5.41) is 0.516. The normalized spacial score (nSPS) is 14.2. The molecule has 34 heavy (non-hydrogen) atoms. The maximum absolute atomic E-state index is 14.0. The molecule has 0 N–H and O–H groups in total. The van der Waals surface area contributed by atoms with Gasteiger partial charge < -0.3 is 18.9 Å². The third-order valence-electron chi connectivity index (χ3n) is 5.58. The average molecular weight is 490 g/mol. The third kappa shape index (κ3) is 5.57. The van der Waals surface area contributed by atoms with E-state index in [2.05, 4.69) is 4.90 Å². The first-order chi connectivity index (χ1) is 16.6. The number of hydrogen-bond acceptors (Lipinski definition) is 8. The van der Waals surface area contributed by atoms with Gasteiger partial charge in [-0.3, -0.25) is 14.6 Å². The number of anilines is 1. The van der Waals surface area contributed by atoms with Crippen LogP contribution in [0.5, 0.6) is 17.2 Å². The van der Waals surface area contributed by atoms with Gasteiger partial charge in [0.15, 0.2) is 23.3 Å². The lowest BCUT2D eigenvalue weighted by atomic mass is 10.3. The fraction of sp³-hybridized carbons (Fsp3) is 0.417. The summed E-state index contributed by atoms with van der Waals surface area (Å²) in [6, 6.07) is 9.63. The predicted octanol–water partition coefficient (Wildman–Crippen LogP) is 3.59. The Balaban J connectivity index is 1.56. The number of para-hydroxylation sites is 1. The van der Waals surface area contributed by atoms with Crippen LogP contribution in [0.25, 0.3) is 10.2 Å². The summed E-state index contributed by atoms with van der Waals surface area (Å²) in [5.74, 6) is 0.479. The topological polar surface area (TPSA) is 73.4 Å². The van der Waals surface area contributed by atoms with Gasteiger partial charge in [0.05, 0.1) is 27.4 Å². The van der Waals surface area contributed by atoms with E-state index in [1.54, 1.807) is 37.3 Å². The first-order valence-corrected chi connectivity index (χ1v) is 11.9. The minimum Gasteiger partial charge on any atom is -0.495 e. The molecule has 0 atom stereocenters. The summed E-state index contributed by atoms with van der Waals surface area (Å²) in [7, 11) is 3.17. The number of hydrogen-bond donors (Lipinski definition) is 0. The van der Waals surface area contributed by atoms with Crippen molar-refractivity contribution in [3.8, 4) is 17.2 Å². The van der Waals surface area contributed by atoms with Gasteiger partial charge in [-0.1, -0.05) is 23.5 Å². The zero-order valence-electron chi connectivity index (χ0n) is 19.3. The van der Waals surface area contributed by atoms with Crippen LogP contribution in [0.3, 0.4) is 0 Å². The van der Waals surface area contributed by atoms with Crippen molar-refractivity contribution < 1.29 is 28.1 Å². The van der Waals surface area contributed by atoms with Crippen LogP contribution in [0.1, 0.15) is 6.42 Å². The molecule has 0 bridgehead atoms. The molecule has 1 amide bonds. The smallest absolute Gasteiger partial charge is 0.266 e. The van der Waals surface area contributed by atoms with Crippen molar-refractivity contribution >= 4 is 32.6 Å². The van der Waals surface area contributed by atoms with E-state index in [0.29, 0.717) is 28.7 Å². The number of aromatic nitrogens is 1. The minimum absolute atomic E-state index is 0.0387. The van der Waals surface area contributed by atoms with Crippen molar-refractivity contribution in [3.05, 3.63) is 42.2 Å². The summed E-state index contributed by atoms with van der Waals surface area (Å²) in [5.41, 5.74) is 0.628. The first kappa shape index (κ1) is 24.2. The number of thiazole rings is 1. The molecule has 0 spiro atoms. The van der Waals surface area contributed by atoms with Gasteiger partial charge in [-0.2, -0.15) is 0 Å². The van der Waals surface area contributed by atoms with Crippen LogP contribution >= 0.6 is 11.3 Å². The Kier molecular flexibility index (Phi) is 8.15. The molecule has 1 saturated heterocycles. The second-order valence-electron chi connectivity index (χ2n) is 7.72. The van der Waals surface area contributed by atoms with Crippen molar-refractivity contribution in [1.82, 2.24) is 9.88 Å². The van der Waals surface area contributed by atoms with Crippen LogP contribution in [0.2, 0.25) is 0 Å². The van der Waals surface area contributed by atoms with Gasteiger partial charge in [-0.15, -0.1) is 0 Å². The van der Waals surface area contributed by atoms with Crippen LogP contribution in [0, 0.1) is 5.82 Å². The zero-order valence-corrected chi connectivity index (χ0v) is 20.1. The molecule has 0 aliphatic carbocycles. The molecule has 1 aliphatic heterocycles. The Morgan fingerprint density at radius 2 is 1.85 bits per heavy atom. The van der Waals surface area contributed by atoms with E-state index in [4.69, 9.17) is 23.9 Å². The molecule has 8 nitrogen and oxygen atoms in total. The van der Waals surface area contributed by atoms with E-state index >= 15 is 0 Å². The number of fused-ring (bicyclic) bond motifs is 1. The van der Waals surface area contributed by atoms with Gasteiger partial charge in [0.1, 0.15) is 21.7 Å². The molecule has 10 heteroatoms. The van der Waals surface area contributed by atoms with Crippen LogP contribution in [-0.2, 0) is 9.53 Å². The predicted molar refractivity (Wildman–Crippen MR) is 129 cm³/mol. The summed E-state index contributed by atoms with van der Waals surface area (Å²) in [6.07, 6.45) is 0.746. The van der Waals surface area contributed by atoms with Crippen LogP contribution in [-0.4, -0.2) is 76.0 Å². The van der Waals surface area contributed by atoms with Crippen LogP contribution in [0.15, 0.2) is 36.4 Å². The number of amides is 1. The number of morpholine rings is 1. The van der Waals surface area contributed by atoms with Crippen molar-refractivity contribution in [2.45, 2.75) is 6.42 Å². The standard InChI is InChI=1S/C24H28FN3O5S/c1-30-19-8-9-20(31-2)23-22(19)26-24(34-23)28(11-5-10-27-12-14-32-15-13-27)21(29)16-33-18-7-4-3-6-17(18)25/h3-4,6-9H,5,10-16H2,1-2H3. The molecule has 1 aromatic heterocycles. The lowest BCUT2D eigenvalue weighted by Gasteiger charge is -2.27. The zero-order chi connectivity index (χ0) is 23.9. The molecule has 3 aromatic rings. The number of benzene rings is 2. The summed E-state index contributed by atoms with van der Waals surface area (Å²) >= 11 is 1.35. The number of methoxy groups -OCH3 is 2. The minimum atomic E-state index is -0.511. The van der Waals surface area contributed by atoms with Gasteiger partial charge in [-0.25, -0.2) is 9.37 Å². The average Bonchev–Trinajstić information content (AvgIpc) is 3.31. The van der Waals surface area contributed by atoms with E-state index in [0.717, 1.165) is 44.0 Å². The highest BCUT2D eigenvalue weighted by atomic mass is 32.1. The van der Waals surface area contributed by atoms with E-state index in [-0.39, 0.29) is 18.3 Å². The number of ether oxygens (including phenoxy) is 4. The van der Waals surface area contributed by atoms with Gasteiger partial charge in [0.2, 0.25) is 0 Å². The van der Waals surface area contributed by atoms with Crippen molar-refractivity contribution in [2.75, 3.05) is 65.1 Å². The molecule has 1 aliphatic rings. The van der Waals surface area contributed by atoms with Crippen LogP contribution < -0.4 is 19.1 Å². The Hall–Kier alpha value is -2.95. The van der Waals surface area contributed by atoms with E-state index in [1.807, 2.05) is 6.07 Å². The summed E-state index contributed by atoms with van der Waals surface area (Å²) in [6.45, 7) is 4.16. The summed E-state index contributed by atoms with van der Waals surface area (Å²) < 4.78 is 36.6. The maximum atomic E-state index is 14.0. The van der Waals surface area contributed by atoms with Crippen molar-refractivity contribution in [3.63, 3.8) is 0 Å². The van der Waals surface area contributed by atoms with Crippen molar-refractivity contribution in [1.29, 1.82) is 0 Å². The van der Waals surface area contributed by atoms with E-state index in [1.165, 1.54) is 23.5 Å². The van der Waals surface area contributed by atoms with Crippen LogP contribution in [0.4, 0.5) is 9.52 Å². The lowest BCUT2D eigenvalue weighted by molar-refractivity contribution is -0.120. The Morgan fingerprint density at radius 1 is 1.12 bits per heavy atom. The largest absolute Gasteiger partial charge is 0.495 e. The molecule has 0 saturated carbocycles. The van der Waals surface area contributed by atoms with Gasteiger partial charge in [0, 0.05) is 26.2 Å². The lowest BCUT2D eigenvalue weighted by Crippen LogP contribution is -2.40. The van der Waals surface area contributed by atoms with Gasteiger partial charge >= 0.3 is 0 Å². The first-order valence-electron chi connectivity index (χ1n) is 11.1. The van der Waals surface area contributed by atoms with Gasteiger partial charge in [0.25, 0.3) is 5.91 Å². The number of rotatable bonds is 10. The molecule has 1 fully saturated rings. The maximum Gasteiger partial charge on any atom is 0.266 e. The number of halogens is 1. The molecular formula is C24H28FN3O5S. The molecular weight excluding hydrogens is 461 g/mol. The van der Waals surface area contributed by atoms with Gasteiger partial charge in [-0.05, 0) is 30.7 Å². The highest BCUT2D eigenvalue weighted by Crippen LogP contribution is 2.40. The second-order valence-corrected chi connectivity index (χ2v) is 8.69. The highest BCUT2D eigenvalue weighted by Gasteiger charge is 2.23. The number of nitrogens with zero attached hydrogens (tertiary/aromatic N) is 3. The Labute approximate surface area is 201 Å². The van der Waals surface area contributed by atoms with E-state index in [9.17, 15) is 9.18 Å². The second kappa shape index (κ2) is 11.5. The SMILES string of the molecule is COc1ccc(OC)c2sc(N(CCCN3CCOCC3)C(=O)COc3ccccc3F)nc12. The number of carbonyl (C=O) groups excluding carboxylic acids is 1. The Bertz CT molecular complexity index is 1080. The quantitative estimate of drug-likeness (QED) is 0.431. The summed E-state index contributed by atoms with van der Waals surface area (Å²) in [4.78, 5) is 21.9. The monoisotopic (exact) mass is 489 g/mol. The highest BCUT2D eigenvalue weighted by molar-refractivity contribution is 7.22.